The van der Waals surface area contributed by atoms with Crippen molar-refractivity contribution in [1.29, 1.82) is 0 Å². The van der Waals surface area contributed by atoms with Crippen molar-refractivity contribution in [3.63, 3.8) is 0 Å². The molecule has 0 N–H and O–H groups in total. The Labute approximate surface area is 205 Å². The summed E-state index contributed by atoms with van der Waals surface area (Å²) in [6.45, 7) is 0.172. The molecule has 6 rings (SSSR count). The largest absolute Gasteiger partial charge is 0.373 e. The summed E-state index contributed by atoms with van der Waals surface area (Å²) >= 11 is 6.10. The summed E-state index contributed by atoms with van der Waals surface area (Å²) in [5, 5.41) is 4.29. The normalized spacial score (nSPS) is 23.6. The van der Waals surface area contributed by atoms with Crippen LogP contribution in [-0.4, -0.2) is 39.6 Å². The zero-order valence-electron chi connectivity index (χ0n) is 18.8. The number of aldehydes is 1. The first-order valence-corrected chi connectivity index (χ1v) is 12.2. The van der Waals surface area contributed by atoms with Crippen LogP contribution in [0.25, 0.3) is 11.3 Å². The number of ether oxygens (including phenoxy) is 1. The van der Waals surface area contributed by atoms with Crippen LogP contribution in [0.3, 0.4) is 0 Å². The molecular weight excluding hydrogens is 478 g/mol. The molecule has 0 amide bonds. The molecule has 3 aliphatic rings. The van der Waals surface area contributed by atoms with Gasteiger partial charge in [0.05, 0.1) is 18.3 Å². The molecule has 0 radical (unpaired) electrons. The number of hydrogen-bond donors (Lipinski definition) is 0. The highest BCUT2D eigenvalue weighted by molar-refractivity contribution is 6.29. The second kappa shape index (κ2) is 8.95. The fraction of sp³-hybridized carbons (Fsp3) is 0.440. The molecule has 3 fully saturated rings. The summed E-state index contributed by atoms with van der Waals surface area (Å²) in [5.74, 6) is -0.00154. The van der Waals surface area contributed by atoms with E-state index in [4.69, 9.17) is 20.9 Å². The van der Waals surface area contributed by atoms with Crippen molar-refractivity contribution in [1.82, 2.24) is 15.1 Å². The number of aromatic nitrogens is 3. The third kappa shape index (κ3) is 4.21. The van der Waals surface area contributed by atoms with Gasteiger partial charge in [-0.2, -0.15) is 0 Å². The quantitative estimate of drug-likeness (QED) is 0.314. The monoisotopic (exact) mass is 500 g/mol. The number of benzene rings is 1. The first-order valence-electron chi connectivity index (χ1n) is 11.8. The maximum absolute atomic E-state index is 14.5. The Morgan fingerprint density at radius 2 is 1.83 bits per heavy atom. The number of carbonyl (C=O) groups is 1. The van der Waals surface area contributed by atoms with Crippen LogP contribution in [0.2, 0.25) is 5.15 Å². The van der Waals surface area contributed by atoms with Crippen LogP contribution in [0.5, 0.6) is 0 Å². The molecule has 4 heterocycles. The zero-order valence-corrected chi connectivity index (χ0v) is 19.5. The van der Waals surface area contributed by atoms with Crippen molar-refractivity contribution in [2.75, 3.05) is 4.90 Å². The summed E-state index contributed by atoms with van der Waals surface area (Å²) in [6.07, 6.45) is 5.96. The molecule has 35 heavy (non-hydrogen) atoms. The molecule has 7 nitrogen and oxygen atoms in total. The standard InChI is InChI=1S/C25H23ClF2N4O3/c26-21-8-14(11-33)29-25(30-21)32-15-6-7-16(32)10-17(9-15)34-12-18-23(31-35-24(18)13-4-5-13)22-19(27)2-1-3-20(22)28/h1-3,8,11,13,15-17H,4-7,9-10,12H2. The molecule has 0 spiro atoms. The minimum atomic E-state index is -0.676. The highest BCUT2D eigenvalue weighted by Crippen LogP contribution is 2.45. The van der Waals surface area contributed by atoms with Crippen LogP contribution in [0.1, 0.15) is 66.3 Å². The molecule has 1 saturated carbocycles. The average Bonchev–Trinajstić information content (AvgIpc) is 3.54. The van der Waals surface area contributed by atoms with E-state index in [2.05, 4.69) is 20.0 Å². The number of nitrogens with zero attached hydrogens (tertiary/aromatic N) is 4. The SMILES string of the molecule is O=Cc1cc(Cl)nc(N2C3CCC2CC(OCc2c(-c4c(F)cccc4F)noc2C2CC2)C3)n1. The molecule has 1 aliphatic carbocycles. The fourth-order valence-corrected chi connectivity index (χ4v) is 5.62. The van der Waals surface area contributed by atoms with E-state index < -0.39 is 11.6 Å². The Hall–Kier alpha value is -2.91. The lowest BCUT2D eigenvalue weighted by atomic mass is 9.99. The van der Waals surface area contributed by atoms with Crippen LogP contribution in [0, 0.1) is 11.6 Å². The number of fused-ring (bicyclic) bond motifs is 2. The maximum atomic E-state index is 14.5. The number of rotatable bonds is 7. The van der Waals surface area contributed by atoms with Gasteiger partial charge < -0.3 is 14.2 Å². The maximum Gasteiger partial charge on any atom is 0.227 e. The van der Waals surface area contributed by atoms with Crippen molar-refractivity contribution >= 4 is 23.8 Å². The highest BCUT2D eigenvalue weighted by Gasteiger charge is 2.43. The lowest BCUT2D eigenvalue weighted by Crippen LogP contribution is -2.46. The third-order valence-corrected chi connectivity index (χ3v) is 7.37. The van der Waals surface area contributed by atoms with Gasteiger partial charge in [0.15, 0.2) is 6.29 Å². The van der Waals surface area contributed by atoms with Gasteiger partial charge in [0, 0.05) is 29.6 Å². The topological polar surface area (TPSA) is 81.4 Å². The smallest absolute Gasteiger partial charge is 0.227 e. The molecule has 2 aliphatic heterocycles. The lowest BCUT2D eigenvalue weighted by molar-refractivity contribution is 0.0144. The predicted molar refractivity (Wildman–Crippen MR) is 123 cm³/mol. The van der Waals surface area contributed by atoms with Gasteiger partial charge in [-0.25, -0.2) is 18.7 Å². The number of anilines is 1. The van der Waals surface area contributed by atoms with Gasteiger partial charge in [-0.1, -0.05) is 22.8 Å². The molecule has 2 atom stereocenters. The number of piperidine rings is 1. The Bertz CT molecular complexity index is 1250. The van der Waals surface area contributed by atoms with Gasteiger partial charge >= 0.3 is 0 Å². The van der Waals surface area contributed by atoms with Crippen molar-refractivity contribution in [3.8, 4) is 11.3 Å². The van der Waals surface area contributed by atoms with Gasteiger partial charge in [0.2, 0.25) is 5.95 Å². The summed E-state index contributed by atoms with van der Waals surface area (Å²) in [5.41, 5.74) is 0.878. The molecule has 2 aromatic heterocycles. The summed E-state index contributed by atoms with van der Waals surface area (Å²) in [6, 6.07) is 5.53. The number of hydrogen-bond acceptors (Lipinski definition) is 7. The van der Waals surface area contributed by atoms with Gasteiger partial charge in [-0.3, -0.25) is 4.79 Å². The predicted octanol–water partition coefficient (Wildman–Crippen LogP) is 5.47. The second-order valence-corrected chi connectivity index (χ2v) is 9.86. The van der Waals surface area contributed by atoms with Crippen molar-refractivity contribution in [2.45, 2.75) is 69.2 Å². The fourth-order valence-electron chi connectivity index (χ4n) is 5.44. The number of halogens is 3. The summed E-state index contributed by atoms with van der Waals surface area (Å²) in [4.78, 5) is 22.1. The van der Waals surface area contributed by atoms with E-state index in [1.807, 2.05) is 0 Å². The van der Waals surface area contributed by atoms with Crippen LogP contribution >= 0.6 is 11.6 Å². The number of carbonyl (C=O) groups excluding carboxylic acids is 1. The van der Waals surface area contributed by atoms with Crippen LogP contribution in [-0.2, 0) is 11.3 Å². The first-order chi connectivity index (χ1) is 17.0. The Morgan fingerprint density at radius 3 is 2.49 bits per heavy atom. The van der Waals surface area contributed by atoms with E-state index in [9.17, 15) is 13.6 Å². The lowest BCUT2D eigenvalue weighted by Gasteiger charge is -2.38. The Morgan fingerprint density at radius 1 is 1.11 bits per heavy atom. The summed E-state index contributed by atoms with van der Waals surface area (Å²) < 4.78 is 40.9. The van der Waals surface area contributed by atoms with Gasteiger partial charge in [0.1, 0.15) is 33.9 Å². The van der Waals surface area contributed by atoms with E-state index in [1.54, 1.807) is 0 Å². The molecule has 182 valence electrons. The minimum absolute atomic E-state index is 0.0475. The molecule has 2 unspecified atom stereocenters. The van der Waals surface area contributed by atoms with Gasteiger partial charge in [-0.05, 0) is 50.7 Å². The molecule has 3 aromatic rings. The molecular formula is C25H23ClF2N4O3. The minimum Gasteiger partial charge on any atom is -0.373 e. The van der Waals surface area contributed by atoms with E-state index in [0.717, 1.165) is 38.5 Å². The summed E-state index contributed by atoms with van der Waals surface area (Å²) in [7, 11) is 0. The zero-order chi connectivity index (χ0) is 24.1. The highest BCUT2D eigenvalue weighted by atomic mass is 35.5. The van der Waals surface area contributed by atoms with Gasteiger partial charge in [0.25, 0.3) is 0 Å². The van der Waals surface area contributed by atoms with E-state index in [0.29, 0.717) is 23.6 Å². The van der Waals surface area contributed by atoms with Crippen molar-refractivity contribution < 1.29 is 22.8 Å². The average molecular weight is 501 g/mol. The van der Waals surface area contributed by atoms with E-state index in [1.165, 1.54) is 24.3 Å². The van der Waals surface area contributed by atoms with Crippen LogP contribution < -0.4 is 4.90 Å². The molecule has 2 bridgehead atoms. The van der Waals surface area contributed by atoms with Crippen molar-refractivity contribution in [2.24, 2.45) is 0 Å². The van der Waals surface area contributed by atoms with Crippen LogP contribution in [0.15, 0.2) is 28.8 Å². The van der Waals surface area contributed by atoms with Crippen LogP contribution in [0.4, 0.5) is 14.7 Å². The third-order valence-electron chi connectivity index (χ3n) is 7.17. The first kappa shape index (κ1) is 22.5. The van der Waals surface area contributed by atoms with E-state index in [-0.39, 0.29) is 52.8 Å². The molecule has 2 saturated heterocycles. The molecule has 1 aromatic carbocycles. The second-order valence-electron chi connectivity index (χ2n) is 9.47. The van der Waals surface area contributed by atoms with Crippen molar-refractivity contribution in [3.05, 3.63) is 58.1 Å². The Balaban J connectivity index is 1.21. The van der Waals surface area contributed by atoms with Gasteiger partial charge in [-0.15, -0.1) is 0 Å². The Kier molecular flexibility index (Phi) is 5.76. The molecule has 10 heteroatoms. The van der Waals surface area contributed by atoms with E-state index >= 15 is 0 Å².